The Kier molecular flexibility index (Phi) is 4.95. The van der Waals surface area contributed by atoms with E-state index in [2.05, 4.69) is 5.32 Å². The molecule has 0 radical (unpaired) electrons. The Hall–Kier alpha value is -1.89. The molecule has 0 atom stereocenters. The smallest absolute Gasteiger partial charge is 0.288 e. The van der Waals surface area contributed by atoms with Gasteiger partial charge in [-0.25, -0.2) is 8.78 Å². The van der Waals surface area contributed by atoms with Crippen LogP contribution in [0.1, 0.15) is 12.0 Å². The van der Waals surface area contributed by atoms with Crippen molar-refractivity contribution in [3.63, 3.8) is 0 Å². The lowest BCUT2D eigenvalue weighted by molar-refractivity contribution is 0.152. The average molecular weight is 316 g/mol. The van der Waals surface area contributed by atoms with Crippen molar-refractivity contribution in [2.45, 2.75) is 17.1 Å². The highest BCUT2D eigenvalue weighted by Crippen LogP contribution is 2.36. The maximum absolute atomic E-state index is 13.0. The lowest BCUT2D eigenvalue weighted by atomic mass is 10.1. The fourth-order valence-corrected chi connectivity index (χ4v) is 2.38. The number of hydrogen-bond donors (Lipinski definition) is 2. The number of nitrogens with one attached hydrogen (secondary N) is 1. The molecule has 0 spiro atoms. The molecule has 0 fully saturated rings. The van der Waals surface area contributed by atoms with E-state index in [0.717, 1.165) is 6.07 Å². The Bertz CT molecular complexity index is 620. The summed E-state index contributed by atoms with van der Waals surface area (Å²) in [6, 6.07) is 10.3. The minimum absolute atomic E-state index is 0.140. The summed E-state index contributed by atoms with van der Waals surface area (Å²) in [6.07, 6.45) is -2.72. The second-order valence-electron chi connectivity index (χ2n) is 4.15. The molecule has 0 aromatic heterocycles. The minimum atomic E-state index is -2.72. The van der Waals surface area contributed by atoms with Gasteiger partial charge < -0.3 is 11.1 Å². The Balaban J connectivity index is 2.34. The van der Waals surface area contributed by atoms with Gasteiger partial charge in [-0.1, -0.05) is 23.9 Å². The second-order valence-corrected chi connectivity index (χ2v) is 5.18. The molecule has 21 heavy (non-hydrogen) atoms. The zero-order chi connectivity index (χ0) is 15.4. The number of nitrogens with two attached hydrogens (primary N) is 1. The van der Waals surface area contributed by atoms with Crippen LogP contribution in [0.2, 0.25) is 0 Å². The van der Waals surface area contributed by atoms with Crippen LogP contribution in [-0.2, 0) is 0 Å². The van der Waals surface area contributed by atoms with Crippen molar-refractivity contribution in [2.75, 3.05) is 11.1 Å². The van der Waals surface area contributed by atoms with Gasteiger partial charge in [-0.3, -0.25) is 0 Å². The van der Waals surface area contributed by atoms with Crippen LogP contribution in [0, 0.1) is 0 Å². The van der Waals surface area contributed by atoms with Crippen LogP contribution < -0.4 is 11.1 Å². The monoisotopic (exact) mass is 316 g/mol. The number of anilines is 3. The van der Waals surface area contributed by atoms with E-state index in [0.29, 0.717) is 17.4 Å². The molecule has 2 rings (SSSR count). The summed E-state index contributed by atoms with van der Waals surface area (Å²) < 4.78 is 51.0. The van der Waals surface area contributed by atoms with E-state index in [1.54, 1.807) is 18.2 Å². The zero-order valence-electron chi connectivity index (χ0n) is 10.7. The van der Waals surface area contributed by atoms with Crippen molar-refractivity contribution in [1.29, 1.82) is 0 Å². The highest BCUT2D eigenvalue weighted by molar-refractivity contribution is 7.99. The number of rotatable bonds is 5. The van der Waals surface area contributed by atoms with Gasteiger partial charge in [0.15, 0.2) is 0 Å². The summed E-state index contributed by atoms with van der Waals surface area (Å²) in [5, 5.41) is 2.77. The molecule has 0 aliphatic rings. The van der Waals surface area contributed by atoms with E-state index in [9.17, 15) is 17.6 Å². The molecule has 0 saturated carbocycles. The largest absolute Gasteiger partial charge is 0.399 e. The molecule has 2 nitrogen and oxygen atoms in total. The first kappa shape index (κ1) is 15.5. The molecule has 7 heteroatoms. The molecule has 2 aromatic rings. The summed E-state index contributed by atoms with van der Waals surface area (Å²) in [5.74, 6) is -2.59. The molecule has 0 saturated heterocycles. The maximum Gasteiger partial charge on any atom is 0.288 e. The van der Waals surface area contributed by atoms with E-state index in [-0.39, 0.29) is 21.8 Å². The number of alkyl halides is 4. The van der Waals surface area contributed by atoms with Crippen LogP contribution >= 0.6 is 11.8 Å². The van der Waals surface area contributed by atoms with Crippen LogP contribution in [0.4, 0.5) is 34.6 Å². The lowest BCUT2D eigenvalue weighted by Crippen LogP contribution is -2.00. The maximum atomic E-state index is 13.0. The highest BCUT2D eigenvalue weighted by Gasteiger charge is 2.15. The van der Waals surface area contributed by atoms with Gasteiger partial charge in [0.1, 0.15) is 0 Å². The molecule has 0 unspecified atom stereocenters. The van der Waals surface area contributed by atoms with Gasteiger partial charge >= 0.3 is 0 Å². The molecule has 3 N–H and O–H groups in total. The van der Waals surface area contributed by atoms with Gasteiger partial charge in [0, 0.05) is 21.8 Å². The van der Waals surface area contributed by atoms with Gasteiger partial charge in [0.25, 0.3) is 12.2 Å². The first-order valence-electron chi connectivity index (χ1n) is 5.96. The van der Waals surface area contributed by atoms with Crippen LogP contribution in [0.15, 0.2) is 47.4 Å². The summed E-state index contributed by atoms with van der Waals surface area (Å²) in [4.78, 5) is 0.282. The lowest BCUT2D eigenvalue weighted by Gasteiger charge is -2.15. The van der Waals surface area contributed by atoms with Crippen LogP contribution in [0.3, 0.4) is 0 Å². The summed E-state index contributed by atoms with van der Waals surface area (Å²) in [6.45, 7) is 0. The van der Waals surface area contributed by atoms with Crippen LogP contribution in [0.5, 0.6) is 0 Å². The molecule has 0 heterocycles. The van der Waals surface area contributed by atoms with Crippen molar-refractivity contribution in [3.05, 3.63) is 48.0 Å². The number of para-hydroxylation sites is 1. The quantitative estimate of drug-likeness (QED) is 0.448. The molecular weight excluding hydrogens is 304 g/mol. The van der Waals surface area contributed by atoms with Gasteiger partial charge in [0.2, 0.25) is 0 Å². The average Bonchev–Trinajstić information content (AvgIpc) is 2.42. The molecule has 0 amide bonds. The second kappa shape index (κ2) is 6.71. The first-order chi connectivity index (χ1) is 9.97. The fraction of sp³-hybridized carbons (Fsp3) is 0.143. The van der Waals surface area contributed by atoms with E-state index in [1.807, 2.05) is 0 Å². The van der Waals surface area contributed by atoms with Crippen molar-refractivity contribution < 1.29 is 17.6 Å². The van der Waals surface area contributed by atoms with Crippen LogP contribution in [0.25, 0.3) is 0 Å². The topological polar surface area (TPSA) is 38.0 Å². The van der Waals surface area contributed by atoms with E-state index >= 15 is 0 Å². The molecule has 0 aliphatic carbocycles. The Morgan fingerprint density at radius 3 is 2.33 bits per heavy atom. The Morgan fingerprint density at radius 1 is 0.952 bits per heavy atom. The van der Waals surface area contributed by atoms with E-state index in [4.69, 9.17) is 5.73 Å². The SMILES string of the molecule is Nc1ccc(Nc2ccccc2SC(F)F)c(C(F)F)c1. The standard InChI is InChI=1S/C14H12F4N2S/c15-13(16)9-7-8(19)5-6-10(9)20-11-3-1-2-4-12(11)21-14(17)18/h1-7,13-14,20H,19H2. The number of halogens is 4. The molecule has 112 valence electrons. The normalized spacial score (nSPS) is 11.1. The number of nitrogen functional groups attached to an aromatic ring is 1. The summed E-state index contributed by atoms with van der Waals surface area (Å²) in [7, 11) is 0. The molecule has 0 aliphatic heterocycles. The fourth-order valence-electron chi connectivity index (χ4n) is 1.79. The predicted octanol–water partition coefficient (Wildman–Crippen LogP) is 5.26. The first-order valence-corrected chi connectivity index (χ1v) is 6.84. The third-order valence-corrected chi connectivity index (χ3v) is 3.47. The van der Waals surface area contributed by atoms with Crippen molar-refractivity contribution >= 4 is 28.8 Å². The number of hydrogen-bond acceptors (Lipinski definition) is 3. The third kappa shape index (κ3) is 4.04. The summed E-state index contributed by atoms with van der Waals surface area (Å²) in [5.41, 5.74) is 5.91. The molecule has 0 bridgehead atoms. The van der Waals surface area contributed by atoms with Gasteiger partial charge in [-0.05, 0) is 30.3 Å². The highest BCUT2D eigenvalue weighted by atomic mass is 32.2. The summed E-state index contributed by atoms with van der Waals surface area (Å²) >= 11 is 0.354. The van der Waals surface area contributed by atoms with E-state index in [1.165, 1.54) is 18.2 Å². The molecule has 2 aromatic carbocycles. The number of thioether (sulfide) groups is 1. The van der Waals surface area contributed by atoms with Gasteiger partial charge in [-0.15, -0.1) is 0 Å². The van der Waals surface area contributed by atoms with Gasteiger partial charge in [0.05, 0.1) is 5.69 Å². The molecular formula is C14H12F4N2S. The zero-order valence-corrected chi connectivity index (χ0v) is 11.5. The van der Waals surface area contributed by atoms with E-state index < -0.39 is 12.2 Å². The Labute approximate surface area is 123 Å². The number of benzene rings is 2. The van der Waals surface area contributed by atoms with Crippen LogP contribution in [-0.4, -0.2) is 5.76 Å². The predicted molar refractivity (Wildman–Crippen MR) is 77.4 cm³/mol. The third-order valence-electron chi connectivity index (χ3n) is 2.68. The Morgan fingerprint density at radius 2 is 1.67 bits per heavy atom. The minimum Gasteiger partial charge on any atom is -0.399 e. The van der Waals surface area contributed by atoms with Crippen molar-refractivity contribution in [1.82, 2.24) is 0 Å². The van der Waals surface area contributed by atoms with Crippen molar-refractivity contribution in [2.24, 2.45) is 0 Å². The van der Waals surface area contributed by atoms with Gasteiger partial charge in [-0.2, -0.15) is 8.78 Å². The van der Waals surface area contributed by atoms with Crippen molar-refractivity contribution in [3.8, 4) is 0 Å².